The van der Waals surface area contributed by atoms with Crippen LogP contribution in [0.5, 0.6) is 0 Å². The van der Waals surface area contributed by atoms with E-state index in [2.05, 4.69) is 9.97 Å². The van der Waals surface area contributed by atoms with Gasteiger partial charge >= 0.3 is 0 Å². The number of rotatable bonds is 3. The van der Waals surface area contributed by atoms with Crippen LogP contribution in [0.15, 0.2) is 24.4 Å². The summed E-state index contributed by atoms with van der Waals surface area (Å²) in [5, 5.41) is 0.635. The van der Waals surface area contributed by atoms with Crippen molar-refractivity contribution < 1.29 is 4.79 Å². The van der Waals surface area contributed by atoms with E-state index in [4.69, 9.17) is 17.3 Å². The molecule has 8 heteroatoms. The maximum atomic E-state index is 12.9. The first-order chi connectivity index (χ1) is 13.5. The molecule has 1 fully saturated rings. The number of benzene rings is 1. The van der Waals surface area contributed by atoms with E-state index in [0.717, 1.165) is 52.7 Å². The molecule has 1 amide bonds. The van der Waals surface area contributed by atoms with Gasteiger partial charge < -0.3 is 10.6 Å². The Morgan fingerprint density at radius 2 is 2.00 bits per heavy atom. The molecule has 0 radical (unpaired) electrons. The Kier molecular flexibility index (Phi) is 5.31. The normalized spacial score (nSPS) is 14.6. The lowest BCUT2D eigenvalue weighted by molar-refractivity contribution is 0.0767. The predicted octanol–water partition coefficient (Wildman–Crippen LogP) is 3.31. The van der Waals surface area contributed by atoms with Gasteiger partial charge in [-0.15, -0.1) is 0 Å². The van der Waals surface area contributed by atoms with Crippen molar-refractivity contribution in [2.75, 3.05) is 24.6 Å². The fraction of sp³-hybridized carbons (Fsp3) is 0.350. The molecule has 0 saturated carbocycles. The highest BCUT2D eigenvalue weighted by Gasteiger charge is 2.24. The summed E-state index contributed by atoms with van der Waals surface area (Å²) in [6, 6.07) is 5.92. The van der Waals surface area contributed by atoms with E-state index in [-0.39, 0.29) is 5.91 Å². The van der Waals surface area contributed by atoms with Crippen LogP contribution in [0.3, 0.4) is 0 Å². The molecule has 28 heavy (non-hydrogen) atoms. The van der Waals surface area contributed by atoms with Crippen molar-refractivity contribution in [2.24, 2.45) is 5.73 Å². The third-order valence-corrected chi connectivity index (χ3v) is 6.27. The number of aryl methyl sites for hydroxylation is 2. The van der Waals surface area contributed by atoms with Crippen LogP contribution in [0.1, 0.15) is 27.3 Å². The Balaban J connectivity index is 1.89. The molecule has 1 saturated heterocycles. The molecule has 0 unspecified atom stereocenters. The lowest BCUT2D eigenvalue weighted by Crippen LogP contribution is -2.38. The first-order valence-corrected chi connectivity index (χ1v) is 10.7. The maximum Gasteiger partial charge on any atom is 0.274 e. The van der Waals surface area contributed by atoms with Gasteiger partial charge in [-0.25, -0.2) is 9.97 Å². The molecule has 1 aromatic carbocycles. The van der Waals surface area contributed by atoms with Crippen LogP contribution in [0.4, 0.5) is 0 Å². The van der Waals surface area contributed by atoms with Crippen molar-refractivity contribution in [1.82, 2.24) is 19.3 Å². The summed E-state index contributed by atoms with van der Waals surface area (Å²) >= 11 is 8.43. The molecule has 6 nitrogen and oxygen atoms in total. The van der Waals surface area contributed by atoms with E-state index < -0.39 is 0 Å². The smallest absolute Gasteiger partial charge is 0.274 e. The van der Waals surface area contributed by atoms with E-state index in [9.17, 15) is 4.79 Å². The summed E-state index contributed by atoms with van der Waals surface area (Å²) in [6.07, 6.45) is 1.76. The number of aromatic nitrogens is 3. The Labute approximate surface area is 173 Å². The average Bonchev–Trinajstić information content (AvgIpc) is 3.11. The Morgan fingerprint density at radius 1 is 1.25 bits per heavy atom. The van der Waals surface area contributed by atoms with Crippen LogP contribution in [0, 0.1) is 13.8 Å². The monoisotopic (exact) mass is 415 g/mol. The van der Waals surface area contributed by atoms with E-state index in [1.807, 2.05) is 53.1 Å². The standard InChI is InChI=1S/C20H22ClN5OS/c1-12-3-4-14(16(21)9-12)18-15(10-22)13(2)23-20-24-17(11-26(18)20)19(27)25-5-7-28-8-6-25/h3-4,9,11H,5-8,10,22H2,1-2H3. The van der Waals surface area contributed by atoms with Gasteiger partial charge in [0.25, 0.3) is 5.91 Å². The topological polar surface area (TPSA) is 76.5 Å². The molecule has 3 aromatic rings. The van der Waals surface area contributed by atoms with Gasteiger partial charge in [0.2, 0.25) is 5.78 Å². The molecule has 0 aliphatic carbocycles. The first-order valence-electron chi connectivity index (χ1n) is 9.21. The number of nitrogens with two attached hydrogens (primary N) is 1. The largest absolute Gasteiger partial charge is 0.336 e. The number of nitrogens with zero attached hydrogens (tertiary/aromatic N) is 4. The highest BCUT2D eigenvalue weighted by molar-refractivity contribution is 7.99. The van der Waals surface area contributed by atoms with Crippen LogP contribution in [-0.4, -0.2) is 49.8 Å². The number of fused-ring (bicyclic) bond motifs is 1. The van der Waals surface area contributed by atoms with Crippen molar-refractivity contribution in [3.05, 3.63) is 51.9 Å². The number of hydrogen-bond donors (Lipinski definition) is 1. The van der Waals surface area contributed by atoms with Crippen molar-refractivity contribution in [2.45, 2.75) is 20.4 Å². The van der Waals surface area contributed by atoms with Gasteiger partial charge in [0, 0.05) is 54.2 Å². The lowest BCUT2D eigenvalue weighted by Gasteiger charge is -2.25. The second-order valence-corrected chi connectivity index (χ2v) is 8.54. The predicted molar refractivity (Wildman–Crippen MR) is 114 cm³/mol. The van der Waals surface area contributed by atoms with E-state index in [0.29, 0.717) is 23.0 Å². The molecule has 3 heterocycles. The third-order valence-electron chi connectivity index (χ3n) is 5.02. The summed E-state index contributed by atoms with van der Waals surface area (Å²) in [7, 11) is 0. The average molecular weight is 416 g/mol. The quantitative estimate of drug-likeness (QED) is 0.710. The summed E-state index contributed by atoms with van der Waals surface area (Å²) in [5.41, 5.74) is 10.9. The number of imidazole rings is 1. The van der Waals surface area contributed by atoms with Crippen molar-refractivity contribution in [3.63, 3.8) is 0 Å². The fourth-order valence-corrected chi connectivity index (χ4v) is 4.76. The van der Waals surface area contributed by atoms with Gasteiger partial charge in [-0.1, -0.05) is 23.7 Å². The van der Waals surface area contributed by atoms with E-state index >= 15 is 0 Å². The summed E-state index contributed by atoms with van der Waals surface area (Å²) in [6.45, 7) is 5.71. The van der Waals surface area contributed by atoms with Crippen LogP contribution in [-0.2, 0) is 6.54 Å². The zero-order chi connectivity index (χ0) is 19.8. The number of thioether (sulfide) groups is 1. The van der Waals surface area contributed by atoms with Gasteiger partial charge in [-0.05, 0) is 25.5 Å². The molecule has 2 aromatic heterocycles. The SMILES string of the molecule is Cc1ccc(-c2c(CN)c(C)nc3nc(C(=O)N4CCSCC4)cn23)c(Cl)c1. The zero-order valence-electron chi connectivity index (χ0n) is 15.9. The maximum absolute atomic E-state index is 12.9. The van der Waals surface area contributed by atoms with Gasteiger partial charge in [-0.3, -0.25) is 9.20 Å². The molecule has 0 atom stereocenters. The van der Waals surface area contributed by atoms with Crippen LogP contribution in [0.25, 0.3) is 17.0 Å². The summed E-state index contributed by atoms with van der Waals surface area (Å²) in [5.74, 6) is 2.34. The number of carbonyl (C=O) groups is 1. The van der Waals surface area contributed by atoms with Crippen molar-refractivity contribution >= 4 is 35.0 Å². The second kappa shape index (κ2) is 7.73. The number of amides is 1. The number of carbonyl (C=O) groups excluding carboxylic acids is 1. The summed E-state index contributed by atoms with van der Waals surface area (Å²) in [4.78, 5) is 23.9. The van der Waals surface area contributed by atoms with Crippen molar-refractivity contribution in [1.29, 1.82) is 0 Å². The molecule has 4 rings (SSSR count). The molecule has 1 aliphatic rings. The molecule has 2 N–H and O–H groups in total. The molecular formula is C20H22ClN5OS. The molecule has 0 bridgehead atoms. The van der Waals surface area contributed by atoms with E-state index in [1.165, 1.54) is 0 Å². The van der Waals surface area contributed by atoms with Crippen LogP contribution >= 0.6 is 23.4 Å². The van der Waals surface area contributed by atoms with Crippen LogP contribution < -0.4 is 5.73 Å². The van der Waals surface area contributed by atoms with E-state index in [1.54, 1.807) is 6.20 Å². The highest BCUT2D eigenvalue weighted by Crippen LogP contribution is 2.33. The Morgan fingerprint density at radius 3 is 2.68 bits per heavy atom. The zero-order valence-corrected chi connectivity index (χ0v) is 17.5. The third kappa shape index (κ3) is 3.38. The minimum Gasteiger partial charge on any atom is -0.336 e. The Bertz CT molecular complexity index is 1060. The van der Waals surface area contributed by atoms with Gasteiger partial charge in [0.1, 0.15) is 5.69 Å². The fourth-order valence-electron chi connectivity index (χ4n) is 3.53. The Hall–Kier alpha value is -2.09. The molecule has 146 valence electrons. The van der Waals surface area contributed by atoms with Gasteiger partial charge in [-0.2, -0.15) is 11.8 Å². The number of hydrogen-bond acceptors (Lipinski definition) is 5. The van der Waals surface area contributed by atoms with Gasteiger partial charge in [0.15, 0.2) is 0 Å². The van der Waals surface area contributed by atoms with Gasteiger partial charge in [0.05, 0.1) is 10.7 Å². The lowest BCUT2D eigenvalue weighted by atomic mass is 10.0. The molecule has 1 aliphatic heterocycles. The second-order valence-electron chi connectivity index (χ2n) is 6.91. The summed E-state index contributed by atoms with van der Waals surface area (Å²) < 4.78 is 1.84. The van der Waals surface area contributed by atoms with Crippen LogP contribution in [0.2, 0.25) is 5.02 Å². The first kappa shape index (κ1) is 19.2. The molecular weight excluding hydrogens is 394 g/mol. The van der Waals surface area contributed by atoms with Crippen molar-refractivity contribution in [3.8, 4) is 11.3 Å². The minimum absolute atomic E-state index is 0.0568. The minimum atomic E-state index is -0.0568. The highest BCUT2D eigenvalue weighted by atomic mass is 35.5. The molecule has 0 spiro atoms. The number of halogens is 1.